The van der Waals surface area contributed by atoms with Crippen LogP contribution in [0.5, 0.6) is 0 Å². The molecule has 0 spiro atoms. The highest BCUT2D eigenvalue weighted by Gasteiger charge is 2.14. The normalized spacial score (nSPS) is 10.7. The molecule has 94 valence electrons. The standard InChI is InChI=1S/C11H10N2O5/c1-7(14)4-5-12-9-6-8(13(16)17)2-3-10(9)18-11(12)15/h2-3,6H,4-5H2,1H3. The van der Waals surface area contributed by atoms with Crippen LogP contribution < -0.4 is 5.76 Å². The number of oxazole rings is 1. The first-order chi connectivity index (χ1) is 8.49. The van der Waals surface area contributed by atoms with Crippen molar-refractivity contribution in [2.45, 2.75) is 19.9 Å². The first-order valence-corrected chi connectivity index (χ1v) is 5.26. The summed E-state index contributed by atoms with van der Waals surface area (Å²) in [6.07, 6.45) is 0.178. The van der Waals surface area contributed by atoms with E-state index in [-0.39, 0.29) is 30.0 Å². The number of rotatable bonds is 4. The van der Waals surface area contributed by atoms with Crippen molar-refractivity contribution in [1.82, 2.24) is 4.57 Å². The molecule has 7 heteroatoms. The Balaban J connectivity index is 2.53. The predicted octanol–water partition coefficient (Wildman–Crippen LogP) is 1.48. The molecular weight excluding hydrogens is 240 g/mol. The van der Waals surface area contributed by atoms with Crippen LogP contribution in [0, 0.1) is 10.1 Å². The van der Waals surface area contributed by atoms with E-state index in [4.69, 9.17) is 4.42 Å². The van der Waals surface area contributed by atoms with Gasteiger partial charge in [0, 0.05) is 25.1 Å². The van der Waals surface area contributed by atoms with Crippen molar-refractivity contribution in [1.29, 1.82) is 0 Å². The van der Waals surface area contributed by atoms with Gasteiger partial charge in [-0.15, -0.1) is 0 Å². The van der Waals surface area contributed by atoms with Gasteiger partial charge in [0.25, 0.3) is 5.69 Å². The molecule has 1 aromatic heterocycles. The summed E-state index contributed by atoms with van der Waals surface area (Å²) >= 11 is 0. The van der Waals surface area contributed by atoms with E-state index in [0.717, 1.165) is 0 Å². The summed E-state index contributed by atoms with van der Waals surface area (Å²) in [5, 5.41) is 10.7. The largest absolute Gasteiger partial charge is 0.419 e. The Morgan fingerprint density at radius 1 is 1.50 bits per heavy atom. The fraction of sp³-hybridized carbons (Fsp3) is 0.273. The topological polar surface area (TPSA) is 95.3 Å². The summed E-state index contributed by atoms with van der Waals surface area (Å²) in [7, 11) is 0. The highest BCUT2D eigenvalue weighted by atomic mass is 16.6. The second kappa shape index (κ2) is 4.44. The number of carbonyl (C=O) groups excluding carboxylic acids is 1. The molecular formula is C11H10N2O5. The first-order valence-electron chi connectivity index (χ1n) is 5.26. The lowest BCUT2D eigenvalue weighted by Gasteiger charge is -1.99. The van der Waals surface area contributed by atoms with Gasteiger partial charge in [-0.05, 0) is 13.0 Å². The van der Waals surface area contributed by atoms with Crippen molar-refractivity contribution >= 4 is 22.6 Å². The number of nitro benzene ring substituents is 1. The van der Waals surface area contributed by atoms with Crippen molar-refractivity contribution in [3.8, 4) is 0 Å². The van der Waals surface area contributed by atoms with Gasteiger partial charge in [-0.25, -0.2) is 4.79 Å². The molecule has 0 aliphatic carbocycles. The molecule has 18 heavy (non-hydrogen) atoms. The van der Waals surface area contributed by atoms with Crippen molar-refractivity contribution in [2.75, 3.05) is 0 Å². The van der Waals surface area contributed by atoms with Crippen LogP contribution in [-0.2, 0) is 11.3 Å². The third kappa shape index (κ3) is 2.15. The van der Waals surface area contributed by atoms with Crippen molar-refractivity contribution < 1.29 is 14.1 Å². The Hall–Kier alpha value is -2.44. The lowest BCUT2D eigenvalue weighted by Crippen LogP contribution is -2.15. The van der Waals surface area contributed by atoms with E-state index in [1.807, 2.05) is 0 Å². The number of carbonyl (C=O) groups is 1. The van der Waals surface area contributed by atoms with Gasteiger partial charge in [-0.3, -0.25) is 19.5 Å². The lowest BCUT2D eigenvalue weighted by atomic mass is 10.2. The molecule has 0 atom stereocenters. The number of nitrogens with zero attached hydrogens (tertiary/aromatic N) is 2. The molecule has 1 heterocycles. The first kappa shape index (κ1) is 12.0. The molecule has 0 N–H and O–H groups in total. The summed E-state index contributed by atoms with van der Waals surface area (Å²) in [6, 6.07) is 3.90. The predicted molar refractivity (Wildman–Crippen MR) is 62.4 cm³/mol. The number of non-ortho nitro benzene ring substituents is 1. The van der Waals surface area contributed by atoms with Gasteiger partial charge in [0.2, 0.25) is 0 Å². The highest BCUT2D eigenvalue weighted by Crippen LogP contribution is 2.20. The maximum atomic E-state index is 11.5. The van der Waals surface area contributed by atoms with Gasteiger partial charge in [-0.2, -0.15) is 0 Å². The molecule has 0 unspecified atom stereocenters. The zero-order valence-electron chi connectivity index (χ0n) is 9.58. The minimum Gasteiger partial charge on any atom is -0.408 e. The third-order valence-corrected chi connectivity index (χ3v) is 2.55. The Labute approximate surface area is 101 Å². The van der Waals surface area contributed by atoms with Crippen LogP contribution in [-0.4, -0.2) is 15.3 Å². The lowest BCUT2D eigenvalue weighted by molar-refractivity contribution is -0.384. The summed E-state index contributed by atoms with van der Waals surface area (Å²) < 4.78 is 6.17. The van der Waals surface area contributed by atoms with Gasteiger partial charge >= 0.3 is 5.76 Å². The number of nitro groups is 1. The van der Waals surface area contributed by atoms with Crippen LogP contribution in [0.2, 0.25) is 0 Å². The molecule has 2 aromatic rings. The maximum absolute atomic E-state index is 11.5. The number of ketones is 1. The SMILES string of the molecule is CC(=O)CCn1c(=O)oc2ccc([N+](=O)[O-])cc21. The summed E-state index contributed by atoms with van der Waals surface area (Å²) in [6.45, 7) is 1.57. The molecule has 0 saturated heterocycles. The number of aryl methyl sites for hydroxylation is 1. The van der Waals surface area contributed by atoms with Crippen LogP contribution in [0.4, 0.5) is 5.69 Å². The zero-order chi connectivity index (χ0) is 13.3. The Morgan fingerprint density at radius 3 is 2.83 bits per heavy atom. The maximum Gasteiger partial charge on any atom is 0.419 e. The Bertz CT molecular complexity index is 682. The van der Waals surface area contributed by atoms with Crippen LogP contribution in [0.15, 0.2) is 27.4 Å². The van der Waals surface area contributed by atoms with Gasteiger partial charge in [0.15, 0.2) is 5.58 Å². The zero-order valence-corrected chi connectivity index (χ0v) is 9.58. The van der Waals surface area contributed by atoms with E-state index in [1.54, 1.807) is 0 Å². The van der Waals surface area contributed by atoms with Crippen molar-refractivity contribution in [3.05, 3.63) is 38.9 Å². The fourth-order valence-corrected chi connectivity index (χ4v) is 1.65. The summed E-state index contributed by atoms with van der Waals surface area (Å²) in [5.74, 6) is -0.687. The van der Waals surface area contributed by atoms with Crippen molar-refractivity contribution in [2.24, 2.45) is 0 Å². The molecule has 0 amide bonds. The number of aromatic nitrogens is 1. The van der Waals surface area contributed by atoms with Crippen LogP contribution in [0.25, 0.3) is 11.1 Å². The number of hydrogen-bond acceptors (Lipinski definition) is 5. The van der Waals surface area contributed by atoms with Gasteiger partial charge in [0.1, 0.15) is 5.78 Å². The number of hydrogen-bond donors (Lipinski definition) is 0. The monoisotopic (exact) mass is 250 g/mol. The van der Waals surface area contributed by atoms with E-state index in [1.165, 1.54) is 29.7 Å². The van der Waals surface area contributed by atoms with E-state index in [0.29, 0.717) is 5.52 Å². The molecule has 2 rings (SSSR count). The van der Waals surface area contributed by atoms with Gasteiger partial charge < -0.3 is 4.42 Å². The molecule has 0 radical (unpaired) electrons. The molecule has 0 aliphatic rings. The van der Waals surface area contributed by atoms with Gasteiger partial charge in [-0.1, -0.05) is 0 Å². The van der Waals surface area contributed by atoms with E-state index >= 15 is 0 Å². The molecule has 0 fully saturated rings. The van der Waals surface area contributed by atoms with E-state index in [2.05, 4.69) is 0 Å². The molecule has 0 aliphatic heterocycles. The van der Waals surface area contributed by atoms with Crippen LogP contribution in [0.1, 0.15) is 13.3 Å². The average molecular weight is 250 g/mol. The number of fused-ring (bicyclic) bond motifs is 1. The van der Waals surface area contributed by atoms with E-state index < -0.39 is 10.7 Å². The summed E-state index contributed by atoms with van der Waals surface area (Å²) in [5.41, 5.74) is 0.476. The third-order valence-electron chi connectivity index (χ3n) is 2.55. The number of benzene rings is 1. The Kier molecular flexibility index (Phi) is 2.97. The number of Topliss-reactive ketones (excluding diaryl/α,β-unsaturated/α-hetero) is 1. The summed E-state index contributed by atoms with van der Waals surface area (Å²) in [4.78, 5) is 32.6. The van der Waals surface area contributed by atoms with Crippen LogP contribution >= 0.6 is 0 Å². The fourth-order valence-electron chi connectivity index (χ4n) is 1.65. The quantitative estimate of drug-likeness (QED) is 0.605. The van der Waals surface area contributed by atoms with Crippen LogP contribution in [0.3, 0.4) is 0 Å². The second-order valence-electron chi connectivity index (χ2n) is 3.88. The minimum absolute atomic E-state index is 0.0679. The minimum atomic E-state index is -0.619. The molecule has 7 nitrogen and oxygen atoms in total. The van der Waals surface area contributed by atoms with E-state index in [9.17, 15) is 19.7 Å². The second-order valence-corrected chi connectivity index (χ2v) is 3.88. The average Bonchev–Trinajstić information content (AvgIpc) is 2.60. The highest BCUT2D eigenvalue weighted by molar-refractivity contribution is 5.77. The molecule has 1 aromatic carbocycles. The van der Waals surface area contributed by atoms with Crippen molar-refractivity contribution in [3.63, 3.8) is 0 Å². The smallest absolute Gasteiger partial charge is 0.408 e. The molecule has 0 bridgehead atoms. The molecule has 0 saturated carbocycles. The van der Waals surface area contributed by atoms with Gasteiger partial charge in [0.05, 0.1) is 10.4 Å². The Morgan fingerprint density at radius 2 is 2.22 bits per heavy atom.